The number of nitrogens with one attached hydrogen (secondary N) is 1. The van der Waals surface area contributed by atoms with E-state index in [4.69, 9.17) is 0 Å². The van der Waals surface area contributed by atoms with Gasteiger partial charge in [-0.05, 0) is 74.6 Å². The number of anilines is 1. The maximum absolute atomic E-state index is 13.9. The van der Waals surface area contributed by atoms with Crippen molar-refractivity contribution in [1.29, 1.82) is 0 Å². The molecule has 0 saturated carbocycles. The van der Waals surface area contributed by atoms with E-state index in [1.165, 1.54) is 11.9 Å². The fraction of sp³-hybridized carbons (Fsp3) is 0.333. The van der Waals surface area contributed by atoms with Crippen LogP contribution in [0.15, 0.2) is 77.7 Å². The number of hydrogen-bond donors (Lipinski definition) is 1. The SMILES string of the molecule is CC[C@H](C(=O)NC)N(CCc1ccccc1)C(=O)CN(c1ccc(C)c(C)c1)S(=O)(=O)c1ccc(C)cc1. The smallest absolute Gasteiger partial charge is 0.264 e. The number of carbonyl (C=O) groups is 2. The molecular formula is C30H37N3O4S. The molecule has 0 bridgehead atoms. The second-order valence-electron chi connectivity index (χ2n) is 9.45. The molecule has 0 saturated heterocycles. The summed E-state index contributed by atoms with van der Waals surface area (Å²) in [5.74, 6) is -0.724. The molecule has 0 aromatic heterocycles. The zero-order chi connectivity index (χ0) is 27.9. The summed E-state index contributed by atoms with van der Waals surface area (Å²) in [6, 6.07) is 20.9. The van der Waals surface area contributed by atoms with E-state index < -0.39 is 28.5 Å². The Balaban J connectivity index is 2.03. The predicted octanol–water partition coefficient (Wildman–Crippen LogP) is 4.40. The van der Waals surface area contributed by atoms with Gasteiger partial charge in [0.15, 0.2) is 0 Å². The molecule has 1 N–H and O–H groups in total. The second kappa shape index (κ2) is 12.7. The maximum atomic E-state index is 13.9. The van der Waals surface area contributed by atoms with Crippen molar-refractivity contribution in [2.45, 2.75) is 51.5 Å². The molecule has 0 fully saturated rings. The number of likely N-dealkylation sites (N-methyl/N-ethyl adjacent to an activating group) is 1. The fourth-order valence-electron chi connectivity index (χ4n) is 4.31. The molecule has 3 rings (SSSR count). The minimum atomic E-state index is -4.07. The van der Waals surface area contributed by atoms with Crippen LogP contribution < -0.4 is 9.62 Å². The molecule has 0 unspecified atom stereocenters. The quantitative estimate of drug-likeness (QED) is 0.394. The molecule has 0 heterocycles. The monoisotopic (exact) mass is 535 g/mol. The molecule has 0 spiro atoms. The number of rotatable bonds is 11. The fourth-order valence-corrected chi connectivity index (χ4v) is 5.72. The first-order valence-electron chi connectivity index (χ1n) is 12.8. The lowest BCUT2D eigenvalue weighted by Crippen LogP contribution is -2.52. The number of amides is 2. The Kier molecular flexibility index (Phi) is 9.69. The molecule has 0 aliphatic carbocycles. The van der Waals surface area contributed by atoms with E-state index in [-0.39, 0.29) is 17.3 Å². The average Bonchev–Trinajstić information content (AvgIpc) is 2.91. The second-order valence-corrected chi connectivity index (χ2v) is 11.3. The topological polar surface area (TPSA) is 86.8 Å². The first kappa shape index (κ1) is 28.9. The third kappa shape index (κ3) is 6.81. The average molecular weight is 536 g/mol. The molecule has 3 aromatic rings. The van der Waals surface area contributed by atoms with Gasteiger partial charge in [-0.15, -0.1) is 0 Å². The first-order chi connectivity index (χ1) is 18.1. The van der Waals surface area contributed by atoms with Gasteiger partial charge in [0.25, 0.3) is 10.0 Å². The van der Waals surface area contributed by atoms with Crippen LogP contribution in [0.25, 0.3) is 0 Å². The summed E-state index contributed by atoms with van der Waals surface area (Å²) < 4.78 is 28.9. The standard InChI is InChI=1S/C30H37N3O4S/c1-6-28(30(35)31-5)32(19-18-25-10-8-7-9-11-25)29(34)21-33(26-15-14-23(3)24(4)20-26)38(36,37)27-16-12-22(2)13-17-27/h7-17,20,28H,6,18-19,21H2,1-5H3,(H,31,35)/t28-/m1/s1. The zero-order valence-corrected chi connectivity index (χ0v) is 23.6. The van der Waals surface area contributed by atoms with Crippen LogP contribution in [0.2, 0.25) is 0 Å². The number of nitrogens with zero attached hydrogens (tertiary/aromatic N) is 2. The van der Waals surface area contributed by atoms with Gasteiger partial charge in [-0.2, -0.15) is 0 Å². The summed E-state index contributed by atoms with van der Waals surface area (Å²) in [5.41, 5.74) is 4.29. The van der Waals surface area contributed by atoms with Gasteiger partial charge in [-0.1, -0.05) is 61.0 Å². The third-order valence-corrected chi connectivity index (χ3v) is 8.57. The lowest BCUT2D eigenvalue weighted by molar-refractivity contribution is -0.139. The van der Waals surface area contributed by atoms with Crippen molar-refractivity contribution in [2.24, 2.45) is 0 Å². The van der Waals surface area contributed by atoms with Gasteiger partial charge in [0.05, 0.1) is 10.6 Å². The van der Waals surface area contributed by atoms with Crippen LogP contribution in [0.3, 0.4) is 0 Å². The molecular weight excluding hydrogens is 498 g/mol. The molecule has 0 radical (unpaired) electrons. The van der Waals surface area contributed by atoms with E-state index in [1.807, 2.05) is 64.1 Å². The minimum absolute atomic E-state index is 0.100. The van der Waals surface area contributed by atoms with Crippen molar-refractivity contribution in [3.05, 3.63) is 95.1 Å². The van der Waals surface area contributed by atoms with Gasteiger partial charge in [0, 0.05) is 13.6 Å². The number of sulfonamides is 1. The molecule has 0 aliphatic heterocycles. The van der Waals surface area contributed by atoms with E-state index in [1.54, 1.807) is 36.4 Å². The molecule has 2 amide bonds. The highest BCUT2D eigenvalue weighted by atomic mass is 32.2. The number of aryl methyl sites for hydroxylation is 3. The van der Waals surface area contributed by atoms with Crippen LogP contribution in [-0.2, 0) is 26.0 Å². The highest BCUT2D eigenvalue weighted by molar-refractivity contribution is 7.92. The highest BCUT2D eigenvalue weighted by Gasteiger charge is 2.33. The van der Waals surface area contributed by atoms with Crippen LogP contribution in [0.5, 0.6) is 0 Å². The summed E-state index contributed by atoms with van der Waals surface area (Å²) >= 11 is 0. The van der Waals surface area contributed by atoms with Crippen molar-refractivity contribution in [1.82, 2.24) is 10.2 Å². The Morgan fingerprint density at radius 3 is 2.13 bits per heavy atom. The lowest BCUT2D eigenvalue weighted by Gasteiger charge is -2.33. The van der Waals surface area contributed by atoms with Crippen molar-refractivity contribution in [3.63, 3.8) is 0 Å². The van der Waals surface area contributed by atoms with Gasteiger partial charge in [-0.25, -0.2) is 8.42 Å². The number of carbonyl (C=O) groups excluding carboxylic acids is 2. The van der Waals surface area contributed by atoms with Gasteiger partial charge in [0.1, 0.15) is 12.6 Å². The Morgan fingerprint density at radius 1 is 0.895 bits per heavy atom. The molecule has 1 atom stereocenters. The maximum Gasteiger partial charge on any atom is 0.264 e. The van der Waals surface area contributed by atoms with Crippen molar-refractivity contribution >= 4 is 27.5 Å². The summed E-state index contributed by atoms with van der Waals surface area (Å²) in [4.78, 5) is 28.2. The van der Waals surface area contributed by atoms with Gasteiger partial charge < -0.3 is 10.2 Å². The van der Waals surface area contributed by atoms with Gasteiger partial charge in [0.2, 0.25) is 11.8 Å². The summed E-state index contributed by atoms with van der Waals surface area (Å²) in [6.45, 7) is 7.43. The molecule has 0 aliphatic rings. The van der Waals surface area contributed by atoms with E-state index in [2.05, 4.69) is 5.32 Å². The Hall–Kier alpha value is -3.65. The van der Waals surface area contributed by atoms with Crippen molar-refractivity contribution in [3.8, 4) is 0 Å². The highest BCUT2D eigenvalue weighted by Crippen LogP contribution is 2.26. The van der Waals surface area contributed by atoms with Crippen molar-refractivity contribution in [2.75, 3.05) is 24.4 Å². The van der Waals surface area contributed by atoms with E-state index in [0.717, 1.165) is 26.6 Å². The van der Waals surface area contributed by atoms with Crippen LogP contribution in [0.1, 0.15) is 35.6 Å². The lowest BCUT2D eigenvalue weighted by atomic mass is 10.1. The Bertz CT molecular complexity index is 1360. The van der Waals surface area contributed by atoms with Crippen molar-refractivity contribution < 1.29 is 18.0 Å². The number of benzene rings is 3. The minimum Gasteiger partial charge on any atom is -0.357 e. The summed E-state index contributed by atoms with van der Waals surface area (Å²) in [7, 11) is -2.53. The van der Waals surface area contributed by atoms with E-state index >= 15 is 0 Å². The first-order valence-corrected chi connectivity index (χ1v) is 14.2. The normalized spacial score (nSPS) is 12.0. The largest absolute Gasteiger partial charge is 0.357 e. The summed E-state index contributed by atoms with van der Waals surface area (Å²) in [5, 5.41) is 2.64. The zero-order valence-electron chi connectivity index (χ0n) is 22.8. The molecule has 38 heavy (non-hydrogen) atoms. The third-order valence-electron chi connectivity index (χ3n) is 6.78. The Labute approximate surface area is 226 Å². The molecule has 8 heteroatoms. The van der Waals surface area contributed by atoms with Gasteiger partial charge >= 0.3 is 0 Å². The molecule has 7 nitrogen and oxygen atoms in total. The number of hydrogen-bond acceptors (Lipinski definition) is 4. The van der Waals surface area contributed by atoms with E-state index in [0.29, 0.717) is 18.5 Å². The van der Waals surface area contributed by atoms with Crippen LogP contribution >= 0.6 is 0 Å². The Morgan fingerprint density at radius 2 is 1.55 bits per heavy atom. The van der Waals surface area contributed by atoms with Crippen LogP contribution in [0.4, 0.5) is 5.69 Å². The molecule has 202 valence electrons. The predicted molar refractivity (Wildman–Crippen MR) is 152 cm³/mol. The van der Waals surface area contributed by atoms with E-state index in [9.17, 15) is 18.0 Å². The van der Waals surface area contributed by atoms with Crippen LogP contribution in [0, 0.1) is 20.8 Å². The molecule has 3 aromatic carbocycles. The van der Waals surface area contributed by atoms with Gasteiger partial charge in [-0.3, -0.25) is 13.9 Å². The van der Waals surface area contributed by atoms with Crippen LogP contribution in [-0.4, -0.2) is 51.3 Å². The summed E-state index contributed by atoms with van der Waals surface area (Å²) in [6.07, 6.45) is 0.934.